The number of esters is 1. The molecule has 0 amide bonds. The van der Waals surface area contributed by atoms with Crippen molar-refractivity contribution < 1.29 is 23.0 Å². The summed E-state index contributed by atoms with van der Waals surface area (Å²) in [4.78, 5) is 13.3. The Morgan fingerprint density at radius 1 is 1.00 bits per heavy atom. The number of rotatable bonds is 7. The highest BCUT2D eigenvalue weighted by Gasteiger charge is 2.46. The third-order valence-electron chi connectivity index (χ3n) is 4.63. The Morgan fingerprint density at radius 3 is 1.96 bits per heavy atom. The molecule has 0 saturated carbocycles. The molecule has 1 N–H and O–H groups in total. The van der Waals surface area contributed by atoms with Crippen molar-refractivity contribution in [1.82, 2.24) is 5.32 Å². The molecule has 152 valence electrons. The third-order valence-corrected chi connectivity index (χ3v) is 4.63. The first-order valence-corrected chi connectivity index (χ1v) is 9.08. The van der Waals surface area contributed by atoms with Gasteiger partial charge in [0.1, 0.15) is 12.7 Å². The van der Waals surface area contributed by atoms with Crippen LogP contribution in [0, 0.1) is 0 Å². The number of carbonyl (C=O) groups excluding carboxylic acids is 1. The summed E-state index contributed by atoms with van der Waals surface area (Å²) in [6.07, 6.45) is -1.61. The Balaban J connectivity index is 0.00000280. The zero-order chi connectivity index (χ0) is 19.1. The molecule has 28 heavy (non-hydrogen) atoms. The molecule has 0 bridgehead atoms. The van der Waals surface area contributed by atoms with Crippen LogP contribution in [0.5, 0.6) is 0 Å². The number of hydrogen-bond acceptors (Lipinski definition) is 4. The number of carbonyl (C=O) groups is 1. The first-order valence-electron chi connectivity index (χ1n) is 9.08. The monoisotopic (exact) mass is 411 g/mol. The Kier molecular flexibility index (Phi) is 8.35. The summed E-state index contributed by atoms with van der Waals surface area (Å²) < 4.78 is 37.4. The molecule has 7 heteroatoms. The fourth-order valence-corrected chi connectivity index (χ4v) is 3.31. The summed E-state index contributed by atoms with van der Waals surface area (Å²) in [5, 5.41) is 3.21. The molecule has 0 spiro atoms. The van der Waals surface area contributed by atoms with Gasteiger partial charge in [0.25, 0.3) is 6.43 Å². The van der Waals surface area contributed by atoms with E-state index in [-0.39, 0.29) is 18.5 Å². The summed E-state index contributed by atoms with van der Waals surface area (Å²) in [5.74, 6) is -0.660. The zero-order valence-electron chi connectivity index (χ0n) is 15.4. The van der Waals surface area contributed by atoms with Crippen LogP contribution in [0.4, 0.5) is 8.78 Å². The molecule has 0 radical (unpaired) electrons. The molecule has 1 fully saturated rings. The molecular formula is C21H24ClF2NO3. The molecule has 1 aliphatic heterocycles. The number of ether oxygens (including phenoxy) is 2. The minimum absolute atomic E-state index is 0. The predicted octanol–water partition coefficient (Wildman–Crippen LogP) is 3.93. The molecule has 0 unspecified atom stereocenters. The summed E-state index contributed by atoms with van der Waals surface area (Å²) in [6.45, 7) is 0.629. The van der Waals surface area contributed by atoms with Gasteiger partial charge in [-0.3, -0.25) is 0 Å². The van der Waals surface area contributed by atoms with Crippen molar-refractivity contribution >= 4 is 18.4 Å². The number of nitrogens with one attached hydrogen (secondary N) is 1. The van der Waals surface area contributed by atoms with E-state index in [2.05, 4.69) is 5.32 Å². The maximum Gasteiger partial charge on any atom is 0.348 e. The lowest BCUT2D eigenvalue weighted by Gasteiger charge is -2.35. The van der Waals surface area contributed by atoms with Crippen LogP contribution in [0.25, 0.3) is 0 Å². The van der Waals surface area contributed by atoms with E-state index in [4.69, 9.17) is 9.47 Å². The number of piperidine rings is 1. The van der Waals surface area contributed by atoms with E-state index in [1.807, 2.05) is 0 Å². The van der Waals surface area contributed by atoms with Gasteiger partial charge in [-0.05, 0) is 37.1 Å². The highest BCUT2D eigenvalue weighted by molar-refractivity contribution is 5.86. The van der Waals surface area contributed by atoms with Crippen LogP contribution in [-0.2, 0) is 19.9 Å². The Labute approximate surface area is 169 Å². The van der Waals surface area contributed by atoms with Crippen LogP contribution in [0.2, 0.25) is 0 Å². The molecule has 0 aliphatic carbocycles. The quantitative estimate of drug-likeness (QED) is 0.701. The van der Waals surface area contributed by atoms with Crippen molar-refractivity contribution in [2.75, 3.05) is 19.7 Å². The summed E-state index contributed by atoms with van der Waals surface area (Å²) in [6, 6.07) is 17.4. The molecule has 1 aliphatic rings. The molecule has 1 heterocycles. The predicted molar refractivity (Wildman–Crippen MR) is 105 cm³/mol. The topological polar surface area (TPSA) is 47.6 Å². The normalized spacial score (nSPS) is 15.1. The van der Waals surface area contributed by atoms with E-state index in [1.54, 1.807) is 60.7 Å². The van der Waals surface area contributed by atoms with Crippen LogP contribution in [0.3, 0.4) is 0 Å². The van der Waals surface area contributed by atoms with Crippen molar-refractivity contribution in [3.8, 4) is 0 Å². The fraction of sp³-hybridized carbons (Fsp3) is 0.381. The van der Waals surface area contributed by atoms with Crippen LogP contribution in [0.1, 0.15) is 24.0 Å². The molecule has 0 atom stereocenters. The van der Waals surface area contributed by atoms with Crippen molar-refractivity contribution in [2.45, 2.75) is 31.0 Å². The first-order chi connectivity index (χ1) is 13.1. The smallest absolute Gasteiger partial charge is 0.348 e. The standard InChI is InChI=1S/C21H23F2NO3.ClH/c22-19(23)15-26-21(16-7-3-1-4-8-16,17-9-5-2-6-10-17)20(25)27-18-11-13-24-14-12-18;/h1-10,18-19,24H,11-15H2;1H. The number of alkyl halides is 2. The highest BCUT2D eigenvalue weighted by atomic mass is 35.5. The van der Waals surface area contributed by atoms with E-state index in [0.717, 1.165) is 13.1 Å². The number of hydrogen-bond donors (Lipinski definition) is 1. The lowest BCUT2D eigenvalue weighted by atomic mass is 9.85. The first kappa shape index (κ1) is 22.3. The van der Waals surface area contributed by atoms with E-state index < -0.39 is 24.6 Å². The minimum atomic E-state index is -2.71. The van der Waals surface area contributed by atoms with Gasteiger partial charge in [-0.1, -0.05) is 60.7 Å². The average molecular weight is 412 g/mol. The van der Waals surface area contributed by atoms with E-state index in [0.29, 0.717) is 24.0 Å². The number of halogens is 3. The second kappa shape index (κ2) is 10.5. The maximum atomic E-state index is 13.3. The summed E-state index contributed by atoms with van der Waals surface area (Å²) in [5.41, 5.74) is -0.796. The minimum Gasteiger partial charge on any atom is -0.460 e. The van der Waals surface area contributed by atoms with E-state index >= 15 is 0 Å². The molecule has 4 nitrogen and oxygen atoms in total. The van der Waals surface area contributed by atoms with Gasteiger partial charge in [-0.2, -0.15) is 0 Å². The van der Waals surface area contributed by atoms with Crippen LogP contribution in [0.15, 0.2) is 60.7 Å². The van der Waals surface area contributed by atoms with Gasteiger partial charge in [-0.15, -0.1) is 12.4 Å². The second-order valence-corrected chi connectivity index (χ2v) is 6.47. The van der Waals surface area contributed by atoms with Gasteiger partial charge < -0.3 is 14.8 Å². The molecule has 2 aromatic carbocycles. The van der Waals surface area contributed by atoms with Crippen molar-refractivity contribution in [1.29, 1.82) is 0 Å². The van der Waals surface area contributed by atoms with Gasteiger partial charge in [0.05, 0.1) is 0 Å². The van der Waals surface area contributed by atoms with Gasteiger partial charge in [0.15, 0.2) is 0 Å². The van der Waals surface area contributed by atoms with Gasteiger partial charge >= 0.3 is 5.97 Å². The van der Waals surface area contributed by atoms with Crippen LogP contribution >= 0.6 is 12.4 Å². The molecule has 0 aromatic heterocycles. The SMILES string of the molecule is Cl.O=C(OC1CCNCC1)C(OCC(F)F)(c1ccccc1)c1ccccc1. The molecular weight excluding hydrogens is 388 g/mol. The Morgan fingerprint density at radius 2 is 1.50 bits per heavy atom. The largest absolute Gasteiger partial charge is 0.460 e. The van der Waals surface area contributed by atoms with Crippen LogP contribution < -0.4 is 5.32 Å². The number of benzene rings is 2. The van der Waals surface area contributed by atoms with Crippen molar-refractivity contribution in [3.63, 3.8) is 0 Å². The van der Waals surface area contributed by atoms with Crippen molar-refractivity contribution in [3.05, 3.63) is 71.8 Å². The molecule has 1 saturated heterocycles. The lowest BCUT2D eigenvalue weighted by Crippen LogP contribution is -2.45. The van der Waals surface area contributed by atoms with E-state index in [1.165, 1.54) is 0 Å². The summed E-state index contributed by atoms with van der Waals surface area (Å²) >= 11 is 0. The zero-order valence-corrected chi connectivity index (χ0v) is 16.2. The van der Waals surface area contributed by atoms with Gasteiger partial charge in [0.2, 0.25) is 5.60 Å². The maximum absolute atomic E-state index is 13.3. The molecule has 2 aromatic rings. The van der Waals surface area contributed by atoms with Gasteiger partial charge in [0, 0.05) is 0 Å². The van der Waals surface area contributed by atoms with Gasteiger partial charge in [-0.25, -0.2) is 13.6 Å². The fourth-order valence-electron chi connectivity index (χ4n) is 3.31. The lowest BCUT2D eigenvalue weighted by molar-refractivity contribution is -0.179. The Bertz CT molecular complexity index is 685. The second-order valence-electron chi connectivity index (χ2n) is 6.47. The average Bonchev–Trinajstić information content (AvgIpc) is 2.71. The Hall–Kier alpha value is -2.02. The van der Waals surface area contributed by atoms with E-state index in [9.17, 15) is 13.6 Å². The summed E-state index contributed by atoms with van der Waals surface area (Å²) in [7, 11) is 0. The third kappa shape index (κ3) is 5.07. The highest BCUT2D eigenvalue weighted by Crippen LogP contribution is 2.36. The molecule has 3 rings (SSSR count). The van der Waals surface area contributed by atoms with Crippen LogP contribution in [-0.4, -0.2) is 38.2 Å². The van der Waals surface area contributed by atoms with Crippen molar-refractivity contribution in [2.24, 2.45) is 0 Å².